The van der Waals surface area contributed by atoms with Gasteiger partial charge in [0.2, 0.25) is 6.10 Å². The van der Waals surface area contributed by atoms with Gasteiger partial charge in [0.25, 0.3) is 0 Å². The van der Waals surface area contributed by atoms with E-state index in [1.165, 1.54) is 0 Å². The monoisotopic (exact) mass is 185 g/mol. The Kier molecular flexibility index (Phi) is 3.28. The van der Waals surface area contributed by atoms with Crippen molar-refractivity contribution in [2.75, 3.05) is 0 Å². The molecule has 0 saturated carbocycles. The van der Waals surface area contributed by atoms with Gasteiger partial charge in [-0.25, -0.2) is 4.79 Å². The average Bonchev–Trinajstić information content (AvgIpc) is 2.52. The molecular weight excluding hydrogens is 170 g/mol. The van der Waals surface area contributed by atoms with Crippen molar-refractivity contribution in [1.82, 2.24) is 0 Å². The quantitative estimate of drug-likeness (QED) is 0.724. The zero-order valence-electron chi connectivity index (χ0n) is 7.99. The highest BCUT2D eigenvalue weighted by molar-refractivity contribution is 5.91. The Hall–Kier alpha value is -1.06. The van der Waals surface area contributed by atoms with E-state index in [4.69, 9.17) is 9.94 Å². The summed E-state index contributed by atoms with van der Waals surface area (Å²) in [6.45, 7) is 4.15. The van der Waals surface area contributed by atoms with Crippen LogP contribution in [0, 0.1) is 5.92 Å². The van der Waals surface area contributed by atoms with Gasteiger partial charge >= 0.3 is 5.97 Å². The molecule has 4 nitrogen and oxygen atoms in total. The van der Waals surface area contributed by atoms with Crippen LogP contribution in [0.25, 0.3) is 0 Å². The number of nitrogens with zero attached hydrogens (tertiary/aromatic N) is 1. The summed E-state index contributed by atoms with van der Waals surface area (Å²) >= 11 is 0. The van der Waals surface area contributed by atoms with E-state index >= 15 is 0 Å². The zero-order valence-corrected chi connectivity index (χ0v) is 7.99. The fraction of sp³-hybridized carbons (Fsp3) is 0.778. The zero-order chi connectivity index (χ0) is 9.84. The number of carboxylic acids is 1. The summed E-state index contributed by atoms with van der Waals surface area (Å²) in [5, 5.41) is 12.4. The first kappa shape index (κ1) is 10.0. The smallest absolute Gasteiger partial charge is 0.348 e. The van der Waals surface area contributed by atoms with Gasteiger partial charge in [0.05, 0.1) is 5.71 Å². The lowest BCUT2D eigenvalue weighted by Gasteiger charge is -2.07. The van der Waals surface area contributed by atoms with Crippen molar-refractivity contribution in [3.05, 3.63) is 0 Å². The lowest BCUT2D eigenvalue weighted by Crippen LogP contribution is -2.21. The first-order chi connectivity index (χ1) is 6.15. The normalized spacial score (nSPS) is 23.5. The van der Waals surface area contributed by atoms with Crippen molar-refractivity contribution in [2.24, 2.45) is 11.1 Å². The Morgan fingerprint density at radius 2 is 2.54 bits per heavy atom. The number of carboxylic acid groups (broad SMARTS) is 1. The van der Waals surface area contributed by atoms with Gasteiger partial charge in [-0.05, 0) is 12.3 Å². The van der Waals surface area contributed by atoms with Gasteiger partial charge < -0.3 is 9.94 Å². The maximum Gasteiger partial charge on any atom is 0.348 e. The first-order valence-corrected chi connectivity index (χ1v) is 4.60. The summed E-state index contributed by atoms with van der Waals surface area (Å²) in [4.78, 5) is 15.3. The number of aliphatic carboxylic acids is 1. The van der Waals surface area contributed by atoms with Crippen molar-refractivity contribution < 1.29 is 14.7 Å². The molecule has 0 amide bonds. The molecule has 2 atom stereocenters. The predicted molar refractivity (Wildman–Crippen MR) is 48.6 cm³/mol. The summed E-state index contributed by atoms with van der Waals surface area (Å²) in [6.07, 6.45) is 1.80. The van der Waals surface area contributed by atoms with Gasteiger partial charge in [-0.3, -0.25) is 0 Å². The third kappa shape index (κ3) is 2.44. The Bertz CT molecular complexity index is 225. The molecular formula is C9H15NO3. The van der Waals surface area contributed by atoms with E-state index in [1.54, 1.807) is 0 Å². The minimum atomic E-state index is -0.928. The third-order valence-electron chi connectivity index (χ3n) is 2.26. The van der Waals surface area contributed by atoms with Crippen molar-refractivity contribution in [2.45, 2.75) is 39.2 Å². The lowest BCUT2D eigenvalue weighted by atomic mass is 9.96. The topological polar surface area (TPSA) is 58.9 Å². The van der Waals surface area contributed by atoms with Crippen molar-refractivity contribution in [1.29, 1.82) is 0 Å². The number of oxime groups is 1. The molecule has 0 bridgehead atoms. The van der Waals surface area contributed by atoms with Gasteiger partial charge in [0.1, 0.15) is 0 Å². The molecule has 0 aromatic carbocycles. The Morgan fingerprint density at radius 3 is 3.00 bits per heavy atom. The van der Waals surface area contributed by atoms with Crippen LogP contribution in [0.3, 0.4) is 0 Å². The molecule has 2 unspecified atom stereocenters. The first-order valence-electron chi connectivity index (χ1n) is 4.60. The number of hydrogen-bond acceptors (Lipinski definition) is 3. The minimum absolute atomic E-state index is 0.342. The van der Waals surface area contributed by atoms with Gasteiger partial charge in [-0.2, -0.15) is 0 Å². The molecule has 0 aromatic heterocycles. The van der Waals surface area contributed by atoms with Gasteiger partial charge in [-0.1, -0.05) is 25.4 Å². The molecule has 0 spiro atoms. The standard InChI is InChI=1S/C9H15NO3/c1-3-4-6(2)7-5-8(9(11)12)13-10-7/h6,8H,3-5H2,1-2H3,(H,11,12). The molecule has 74 valence electrons. The van der Waals surface area contributed by atoms with Crippen LogP contribution in [0.15, 0.2) is 5.16 Å². The maximum atomic E-state index is 10.5. The molecule has 0 radical (unpaired) electrons. The van der Waals surface area contributed by atoms with Gasteiger partial charge in [-0.15, -0.1) is 0 Å². The molecule has 0 aliphatic carbocycles. The van der Waals surface area contributed by atoms with E-state index in [0.29, 0.717) is 12.3 Å². The molecule has 0 fully saturated rings. The number of carbonyl (C=O) groups is 1. The second-order valence-corrected chi connectivity index (χ2v) is 3.41. The molecule has 4 heteroatoms. The van der Waals surface area contributed by atoms with Crippen molar-refractivity contribution in [3.8, 4) is 0 Å². The van der Waals surface area contributed by atoms with Crippen molar-refractivity contribution in [3.63, 3.8) is 0 Å². The molecule has 1 N–H and O–H groups in total. The van der Waals surface area contributed by atoms with E-state index < -0.39 is 12.1 Å². The summed E-state index contributed by atoms with van der Waals surface area (Å²) in [6, 6.07) is 0. The van der Waals surface area contributed by atoms with Crippen LogP contribution in [0.2, 0.25) is 0 Å². The predicted octanol–water partition coefficient (Wildman–Crippen LogP) is 1.65. The largest absolute Gasteiger partial charge is 0.478 e. The number of rotatable bonds is 4. The van der Waals surface area contributed by atoms with Crippen LogP contribution in [-0.4, -0.2) is 22.9 Å². The second kappa shape index (κ2) is 4.25. The average molecular weight is 185 g/mol. The van der Waals surface area contributed by atoms with Crippen LogP contribution in [0.1, 0.15) is 33.1 Å². The van der Waals surface area contributed by atoms with E-state index in [9.17, 15) is 4.79 Å². The van der Waals surface area contributed by atoms with Crippen LogP contribution < -0.4 is 0 Å². The molecule has 1 heterocycles. The lowest BCUT2D eigenvalue weighted by molar-refractivity contribution is -0.148. The molecule has 1 aliphatic heterocycles. The molecule has 1 rings (SSSR count). The van der Waals surface area contributed by atoms with Crippen LogP contribution in [0.4, 0.5) is 0 Å². The van der Waals surface area contributed by atoms with E-state index in [2.05, 4.69) is 19.0 Å². The SMILES string of the molecule is CCCC(C)C1=NOC(C(=O)O)C1. The fourth-order valence-corrected chi connectivity index (χ4v) is 1.42. The Morgan fingerprint density at radius 1 is 1.85 bits per heavy atom. The molecule has 1 aliphatic rings. The maximum absolute atomic E-state index is 10.5. The van der Waals surface area contributed by atoms with E-state index in [0.717, 1.165) is 18.6 Å². The van der Waals surface area contributed by atoms with E-state index in [-0.39, 0.29) is 0 Å². The summed E-state index contributed by atoms with van der Waals surface area (Å²) in [7, 11) is 0. The van der Waals surface area contributed by atoms with Gasteiger partial charge in [0, 0.05) is 6.42 Å². The van der Waals surface area contributed by atoms with Crippen LogP contribution in [-0.2, 0) is 9.63 Å². The van der Waals surface area contributed by atoms with Crippen LogP contribution >= 0.6 is 0 Å². The third-order valence-corrected chi connectivity index (χ3v) is 2.26. The molecule has 0 aromatic rings. The highest BCUT2D eigenvalue weighted by Gasteiger charge is 2.29. The summed E-state index contributed by atoms with van der Waals surface area (Å²) in [5.41, 5.74) is 0.884. The van der Waals surface area contributed by atoms with E-state index in [1.807, 2.05) is 0 Å². The second-order valence-electron chi connectivity index (χ2n) is 3.41. The fourth-order valence-electron chi connectivity index (χ4n) is 1.42. The van der Waals surface area contributed by atoms with Gasteiger partial charge in [0.15, 0.2) is 0 Å². The highest BCUT2D eigenvalue weighted by Crippen LogP contribution is 2.19. The highest BCUT2D eigenvalue weighted by atomic mass is 16.7. The van der Waals surface area contributed by atoms with Crippen molar-refractivity contribution >= 4 is 11.7 Å². The molecule has 0 saturated heterocycles. The summed E-state index contributed by atoms with van der Waals surface area (Å²) in [5.74, 6) is -0.586. The van der Waals surface area contributed by atoms with Crippen LogP contribution in [0.5, 0.6) is 0 Å². The Labute approximate surface area is 77.6 Å². The molecule has 13 heavy (non-hydrogen) atoms. The summed E-state index contributed by atoms with van der Waals surface area (Å²) < 4.78 is 0. The number of hydrogen-bond donors (Lipinski definition) is 1. The minimum Gasteiger partial charge on any atom is -0.478 e. The Balaban J connectivity index is 2.43.